The highest BCUT2D eigenvalue weighted by atomic mass is 127. The summed E-state index contributed by atoms with van der Waals surface area (Å²) in [5.74, 6) is 1.30. The Balaban J connectivity index is 1.28. The highest BCUT2D eigenvalue weighted by molar-refractivity contribution is 14.1. The fourth-order valence-electron chi connectivity index (χ4n) is 5.36. The Bertz CT molecular complexity index is 1760. The monoisotopic (exact) mass is 686 g/mol. The fourth-order valence-corrected chi connectivity index (χ4v) is 7.37. The third-order valence-electron chi connectivity index (χ3n) is 7.33. The zero-order chi connectivity index (χ0) is 28.9. The number of amides is 1. The Morgan fingerprint density at radius 1 is 0.976 bits per heavy atom. The summed E-state index contributed by atoms with van der Waals surface area (Å²) < 4.78 is 13.3. The van der Waals surface area contributed by atoms with E-state index in [-0.39, 0.29) is 5.91 Å². The number of nitrogens with one attached hydrogen (secondary N) is 1. The number of carbonyl (C=O) groups excluding carboxylic acids is 1. The molecule has 0 radical (unpaired) electrons. The quantitative estimate of drug-likeness (QED) is 0.124. The first-order valence-corrected chi connectivity index (χ1v) is 16.1. The number of rotatable bonds is 9. The predicted molar refractivity (Wildman–Crippen MR) is 181 cm³/mol. The number of fused-ring (bicyclic) bond motifs is 2. The van der Waals surface area contributed by atoms with E-state index in [1.165, 1.54) is 15.6 Å². The Morgan fingerprint density at radius 2 is 1.76 bits per heavy atom. The van der Waals surface area contributed by atoms with Crippen LogP contribution in [0, 0.1) is 3.57 Å². The maximum absolute atomic E-state index is 13.5. The van der Waals surface area contributed by atoms with Crippen LogP contribution < -0.4 is 14.8 Å². The molecule has 1 amide bonds. The van der Waals surface area contributed by atoms with Gasteiger partial charge in [0.15, 0.2) is 11.5 Å². The minimum Gasteiger partial charge on any atom is -0.490 e. The summed E-state index contributed by atoms with van der Waals surface area (Å²) in [4.78, 5) is 19.6. The predicted octanol–water partition coefficient (Wildman–Crippen LogP) is 9.37. The van der Waals surface area contributed by atoms with Crippen LogP contribution in [-0.4, -0.2) is 18.7 Å². The molecule has 212 valence electrons. The number of aliphatic imine (C=N–C) groups is 1. The van der Waals surface area contributed by atoms with Crippen molar-refractivity contribution in [2.45, 2.75) is 39.2 Å². The van der Waals surface area contributed by atoms with Crippen molar-refractivity contribution < 1.29 is 14.3 Å². The fraction of sp³-hybridized carbons (Fsp3) is 0.200. The number of halogens is 1. The van der Waals surface area contributed by atoms with E-state index < -0.39 is 0 Å². The number of para-hydroxylation sites is 1. The molecule has 5 aromatic rings. The van der Waals surface area contributed by atoms with E-state index in [4.69, 9.17) is 14.5 Å². The number of hydrogen-bond donors (Lipinski definition) is 1. The average Bonchev–Trinajstić information content (AvgIpc) is 3.39. The van der Waals surface area contributed by atoms with Crippen LogP contribution in [0.3, 0.4) is 0 Å². The molecular weight excluding hydrogens is 655 g/mol. The van der Waals surface area contributed by atoms with E-state index in [1.54, 1.807) is 11.3 Å². The number of ether oxygens (including phenoxy) is 2. The maximum atomic E-state index is 13.5. The number of anilines is 1. The molecule has 1 heterocycles. The first-order chi connectivity index (χ1) is 20.6. The number of carbonyl (C=O) groups is 1. The molecule has 1 aromatic heterocycles. The van der Waals surface area contributed by atoms with Crippen molar-refractivity contribution in [3.63, 3.8) is 0 Å². The first kappa shape index (κ1) is 28.4. The molecular formula is C35H31IN2O3S. The van der Waals surface area contributed by atoms with Gasteiger partial charge in [-0.25, -0.2) is 4.99 Å². The summed E-state index contributed by atoms with van der Waals surface area (Å²) >= 11 is 3.93. The molecule has 5 nitrogen and oxygen atoms in total. The highest BCUT2D eigenvalue weighted by Gasteiger charge is 2.25. The van der Waals surface area contributed by atoms with Crippen LogP contribution in [0.1, 0.15) is 51.7 Å². The molecule has 7 heteroatoms. The van der Waals surface area contributed by atoms with Gasteiger partial charge in [-0.3, -0.25) is 4.79 Å². The van der Waals surface area contributed by atoms with Crippen LogP contribution >= 0.6 is 33.9 Å². The lowest BCUT2D eigenvalue weighted by Gasteiger charge is -2.15. The van der Waals surface area contributed by atoms with Crippen LogP contribution in [0.25, 0.3) is 10.8 Å². The van der Waals surface area contributed by atoms with Gasteiger partial charge in [0, 0.05) is 16.8 Å². The Kier molecular flexibility index (Phi) is 8.86. The summed E-state index contributed by atoms with van der Waals surface area (Å²) in [5.41, 5.74) is 4.64. The molecule has 1 aliphatic rings. The molecule has 42 heavy (non-hydrogen) atoms. The number of aryl methyl sites for hydroxylation is 1. The summed E-state index contributed by atoms with van der Waals surface area (Å²) in [5, 5.41) is 6.19. The van der Waals surface area contributed by atoms with E-state index >= 15 is 0 Å². The number of benzene rings is 4. The molecule has 1 N–H and O–H groups in total. The van der Waals surface area contributed by atoms with Gasteiger partial charge in [-0.2, -0.15) is 0 Å². The van der Waals surface area contributed by atoms with E-state index in [9.17, 15) is 4.79 Å². The summed E-state index contributed by atoms with van der Waals surface area (Å²) in [6, 6.07) is 28.2. The second-order valence-electron chi connectivity index (χ2n) is 10.2. The Hall–Kier alpha value is -3.69. The maximum Gasteiger partial charge on any atom is 0.259 e. The van der Waals surface area contributed by atoms with Gasteiger partial charge in [0.1, 0.15) is 11.6 Å². The smallest absolute Gasteiger partial charge is 0.259 e. The van der Waals surface area contributed by atoms with E-state index in [0.29, 0.717) is 24.5 Å². The lowest BCUT2D eigenvalue weighted by Crippen LogP contribution is -2.14. The highest BCUT2D eigenvalue weighted by Crippen LogP contribution is 2.41. The zero-order valence-corrected chi connectivity index (χ0v) is 26.3. The van der Waals surface area contributed by atoms with Gasteiger partial charge < -0.3 is 14.8 Å². The summed E-state index contributed by atoms with van der Waals surface area (Å²) in [6.07, 6.45) is 5.97. The van der Waals surface area contributed by atoms with Gasteiger partial charge in [-0.15, -0.1) is 11.3 Å². The van der Waals surface area contributed by atoms with Crippen molar-refractivity contribution in [3.8, 4) is 11.5 Å². The SMILES string of the molecule is CCOc1cc(C=Nc2sc3c(c2C(=O)Nc2ccccc2)CCCC3)cc(I)c1OCc1cccc2ccccc12. The van der Waals surface area contributed by atoms with Gasteiger partial charge >= 0.3 is 0 Å². The van der Waals surface area contributed by atoms with Crippen molar-refractivity contribution in [1.82, 2.24) is 0 Å². The molecule has 0 saturated carbocycles. The first-order valence-electron chi connectivity index (χ1n) is 14.2. The van der Waals surface area contributed by atoms with Crippen molar-refractivity contribution in [1.29, 1.82) is 0 Å². The zero-order valence-electron chi connectivity index (χ0n) is 23.4. The minimum atomic E-state index is -0.102. The van der Waals surface area contributed by atoms with Crippen molar-refractivity contribution in [2.24, 2.45) is 4.99 Å². The van der Waals surface area contributed by atoms with Crippen molar-refractivity contribution in [2.75, 3.05) is 11.9 Å². The van der Waals surface area contributed by atoms with Gasteiger partial charge in [0.25, 0.3) is 5.91 Å². The second kappa shape index (κ2) is 13.1. The second-order valence-corrected chi connectivity index (χ2v) is 12.4. The molecule has 0 aliphatic heterocycles. The molecule has 0 unspecified atom stereocenters. The van der Waals surface area contributed by atoms with E-state index in [1.807, 2.05) is 61.7 Å². The molecule has 1 aliphatic carbocycles. The minimum absolute atomic E-state index is 0.102. The van der Waals surface area contributed by atoms with Gasteiger partial charge in [0.05, 0.1) is 15.7 Å². The largest absolute Gasteiger partial charge is 0.490 e. The van der Waals surface area contributed by atoms with E-state index in [2.05, 4.69) is 64.3 Å². The standard InChI is InChI=1S/C35H31IN2O3S/c1-2-40-30-20-23(19-29(36)33(30)41-22-25-13-10-12-24-11-6-7-16-27(24)25)21-37-35-32(28-17-8-9-18-31(28)42-35)34(39)38-26-14-4-3-5-15-26/h3-7,10-16,19-21H,2,8-9,17-18,22H2,1H3,(H,38,39). The van der Waals surface area contributed by atoms with Gasteiger partial charge in [-0.05, 0) is 107 Å². The van der Waals surface area contributed by atoms with Crippen LogP contribution in [0.4, 0.5) is 10.7 Å². The molecule has 0 spiro atoms. The molecule has 0 saturated heterocycles. The van der Waals surface area contributed by atoms with Crippen molar-refractivity contribution >= 4 is 67.5 Å². The Morgan fingerprint density at radius 3 is 2.62 bits per heavy atom. The molecule has 0 bridgehead atoms. The summed E-state index contributed by atoms with van der Waals surface area (Å²) in [7, 11) is 0. The third kappa shape index (κ3) is 6.22. The normalized spacial score (nSPS) is 12.8. The lowest BCUT2D eigenvalue weighted by molar-refractivity contribution is 0.102. The molecule has 6 rings (SSSR count). The van der Waals surface area contributed by atoms with Crippen LogP contribution in [-0.2, 0) is 19.4 Å². The molecule has 0 fully saturated rings. The summed E-state index contributed by atoms with van der Waals surface area (Å²) in [6.45, 7) is 2.92. The topological polar surface area (TPSA) is 59.9 Å². The lowest BCUT2D eigenvalue weighted by atomic mass is 9.95. The number of hydrogen-bond acceptors (Lipinski definition) is 5. The van der Waals surface area contributed by atoms with Crippen LogP contribution in [0.2, 0.25) is 0 Å². The van der Waals surface area contributed by atoms with Crippen molar-refractivity contribution in [3.05, 3.63) is 116 Å². The molecule has 4 aromatic carbocycles. The van der Waals surface area contributed by atoms with E-state index in [0.717, 1.165) is 62.4 Å². The van der Waals surface area contributed by atoms with Gasteiger partial charge in [0.2, 0.25) is 0 Å². The van der Waals surface area contributed by atoms with Crippen LogP contribution in [0.5, 0.6) is 11.5 Å². The van der Waals surface area contributed by atoms with Crippen LogP contribution in [0.15, 0.2) is 89.9 Å². The molecule has 0 atom stereocenters. The Labute approximate surface area is 263 Å². The number of thiophene rings is 1. The van der Waals surface area contributed by atoms with Gasteiger partial charge in [-0.1, -0.05) is 60.7 Å². The third-order valence-corrected chi connectivity index (χ3v) is 9.33. The average molecular weight is 687 g/mol. The number of nitrogens with zero attached hydrogens (tertiary/aromatic N) is 1.